The molecule has 0 aliphatic carbocycles. The van der Waals surface area contributed by atoms with Gasteiger partial charge in [0.25, 0.3) is 0 Å². The molecule has 1 aromatic carbocycles. The molecule has 0 atom stereocenters. The Morgan fingerprint density at radius 2 is 2.04 bits per heavy atom. The molecule has 0 radical (unpaired) electrons. The van der Waals surface area contributed by atoms with Crippen molar-refractivity contribution in [3.05, 3.63) is 45.4 Å². The van der Waals surface area contributed by atoms with Crippen LogP contribution in [0.1, 0.15) is 34.4 Å². The number of aryl methyl sites for hydroxylation is 2. The summed E-state index contributed by atoms with van der Waals surface area (Å²) in [5, 5.41) is 7.68. The lowest BCUT2D eigenvalue weighted by Gasteiger charge is -2.15. The number of ether oxygens (including phenoxy) is 1. The van der Waals surface area contributed by atoms with E-state index in [1.54, 1.807) is 18.4 Å². The number of thiazole rings is 1. The third kappa shape index (κ3) is 5.53. The van der Waals surface area contributed by atoms with Gasteiger partial charge in [-0.3, -0.25) is 4.99 Å². The minimum absolute atomic E-state index is 0.663. The van der Waals surface area contributed by atoms with Gasteiger partial charge in [-0.2, -0.15) is 0 Å². The van der Waals surface area contributed by atoms with Crippen LogP contribution in [0.4, 0.5) is 0 Å². The van der Waals surface area contributed by atoms with Crippen LogP contribution in [-0.2, 0) is 13.1 Å². The molecule has 0 spiro atoms. The molecule has 0 unspecified atom stereocenters. The van der Waals surface area contributed by atoms with Gasteiger partial charge in [0, 0.05) is 30.2 Å². The quantitative estimate of drug-likeness (QED) is 0.596. The number of rotatable bonds is 7. The lowest BCUT2D eigenvalue weighted by molar-refractivity contribution is 0.313. The van der Waals surface area contributed by atoms with Crippen LogP contribution in [0.5, 0.6) is 5.75 Å². The molecule has 24 heavy (non-hydrogen) atoms. The molecule has 0 aliphatic heterocycles. The zero-order valence-electron chi connectivity index (χ0n) is 14.8. The lowest BCUT2D eigenvalue weighted by atomic mass is 10.1. The predicted molar refractivity (Wildman–Crippen MR) is 101 cm³/mol. The Hall–Kier alpha value is -2.08. The largest absolute Gasteiger partial charge is 0.493 e. The Morgan fingerprint density at radius 1 is 1.25 bits per heavy atom. The second-order valence-electron chi connectivity index (χ2n) is 5.60. The molecule has 5 nitrogen and oxygen atoms in total. The highest BCUT2D eigenvalue weighted by Gasteiger charge is 2.06. The number of guanidine groups is 1. The molecule has 2 rings (SSSR count). The van der Waals surface area contributed by atoms with Gasteiger partial charge in [-0.1, -0.05) is 19.1 Å². The van der Waals surface area contributed by atoms with Gasteiger partial charge in [0.1, 0.15) is 10.8 Å². The number of hydrogen-bond donors (Lipinski definition) is 2. The normalized spacial score (nSPS) is 11.4. The van der Waals surface area contributed by atoms with E-state index in [-0.39, 0.29) is 0 Å². The number of hydrogen-bond acceptors (Lipinski definition) is 4. The van der Waals surface area contributed by atoms with E-state index in [0.29, 0.717) is 13.1 Å². The molecule has 0 saturated carbocycles. The fourth-order valence-electron chi connectivity index (χ4n) is 2.20. The molecular formula is C18H26N4OS. The van der Waals surface area contributed by atoms with Crippen LogP contribution >= 0.6 is 11.3 Å². The first-order chi connectivity index (χ1) is 11.6. The molecular weight excluding hydrogens is 320 g/mol. The van der Waals surface area contributed by atoms with E-state index in [2.05, 4.69) is 59.6 Å². The lowest BCUT2D eigenvalue weighted by Crippen LogP contribution is -2.36. The van der Waals surface area contributed by atoms with Crippen molar-refractivity contribution in [2.24, 2.45) is 4.99 Å². The van der Waals surface area contributed by atoms with Crippen LogP contribution in [0.15, 0.2) is 29.4 Å². The van der Waals surface area contributed by atoms with Gasteiger partial charge in [0.05, 0.1) is 13.2 Å². The highest BCUT2D eigenvalue weighted by Crippen LogP contribution is 2.20. The van der Waals surface area contributed by atoms with Crippen molar-refractivity contribution in [2.75, 3.05) is 13.7 Å². The van der Waals surface area contributed by atoms with Crippen LogP contribution in [0.3, 0.4) is 0 Å². The van der Waals surface area contributed by atoms with E-state index in [1.807, 2.05) is 6.20 Å². The van der Waals surface area contributed by atoms with Crippen molar-refractivity contribution < 1.29 is 4.74 Å². The summed E-state index contributed by atoms with van der Waals surface area (Å²) in [6, 6.07) is 6.29. The standard InChI is InChI=1S/C18H26N4OS/c1-5-8-23-16-9-13(2)6-7-15(16)11-21-18(19-4)22-12-17-20-10-14(3)24-17/h6-7,9-10H,5,8,11-12H2,1-4H3,(H2,19,21,22). The van der Waals surface area contributed by atoms with Crippen molar-refractivity contribution in [1.82, 2.24) is 15.6 Å². The number of nitrogens with zero attached hydrogens (tertiary/aromatic N) is 2. The SMILES string of the molecule is CCCOc1cc(C)ccc1CNC(=NC)NCc1ncc(C)s1. The van der Waals surface area contributed by atoms with Crippen LogP contribution in [-0.4, -0.2) is 24.6 Å². The number of aliphatic imine (C=N–C) groups is 1. The van der Waals surface area contributed by atoms with Crippen molar-refractivity contribution in [3.8, 4) is 5.75 Å². The van der Waals surface area contributed by atoms with E-state index in [4.69, 9.17) is 4.74 Å². The molecule has 0 bridgehead atoms. The maximum Gasteiger partial charge on any atom is 0.191 e. The molecule has 2 N–H and O–H groups in total. The van der Waals surface area contributed by atoms with E-state index >= 15 is 0 Å². The molecule has 0 saturated heterocycles. The second-order valence-corrected chi connectivity index (χ2v) is 6.92. The van der Waals surface area contributed by atoms with Crippen LogP contribution in [0.2, 0.25) is 0 Å². The summed E-state index contributed by atoms with van der Waals surface area (Å²) in [5.41, 5.74) is 2.33. The Bertz CT molecular complexity index is 681. The van der Waals surface area contributed by atoms with Gasteiger partial charge in [-0.05, 0) is 31.9 Å². The maximum absolute atomic E-state index is 5.86. The summed E-state index contributed by atoms with van der Waals surface area (Å²) in [7, 11) is 1.77. The highest BCUT2D eigenvalue weighted by molar-refractivity contribution is 7.11. The summed E-state index contributed by atoms with van der Waals surface area (Å²) in [6.07, 6.45) is 2.89. The molecule has 1 heterocycles. The van der Waals surface area contributed by atoms with Crippen LogP contribution in [0.25, 0.3) is 0 Å². The predicted octanol–water partition coefficient (Wildman–Crippen LogP) is 3.41. The number of benzene rings is 1. The fraction of sp³-hybridized carbons (Fsp3) is 0.444. The van der Waals surface area contributed by atoms with Crippen molar-refractivity contribution in [2.45, 2.75) is 40.3 Å². The summed E-state index contributed by atoms with van der Waals surface area (Å²) in [4.78, 5) is 9.83. The third-order valence-electron chi connectivity index (χ3n) is 3.43. The number of nitrogens with one attached hydrogen (secondary N) is 2. The Balaban J connectivity index is 1.92. The molecule has 0 fully saturated rings. The van der Waals surface area contributed by atoms with E-state index in [1.165, 1.54) is 10.4 Å². The van der Waals surface area contributed by atoms with Gasteiger partial charge in [0.2, 0.25) is 0 Å². The first-order valence-corrected chi connectivity index (χ1v) is 9.02. The molecule has 2 aromatic rings. The summed E-state index contributed by atoms with van der Waals surface area (Å²) < 4.78 is 5.86. The van der Waals surface area contributed by atoms with E-state index in [0.717, 1.165) is 35.3 Å². The maximum atomic E-state index is 5.86. The average molecular weight is 347 g/mol. The summed E-state index contributed by atoms with van der Waals surface area (Å²) >= 11 is 1.69. The van der Waals surface area contributed by atoms with Gasteiger partial charge in [-0.15, -0.1) is 11.3 Å². The Kier molecular flexibility index (Phi) is 7.06. The van der Waals surface area contributed by atoms with Crippen molar-refractivity contribution in [3.63, 3.8) is 0 Å². The van der Waals surface area contributed by atoms with Crippen molar-refractivity contribution >= 4 is 17.3 Å². The molecule has 1 aromatic heterocycles. The third-order valence-corrected chi connectivity index (χ3v) is 4.34. The average Bonchev–Trinajstić information content (AvgIpc) is 2.99. The molecule has 0 amide bonds. The van der Waals surface area contributed by atoms with Gasteiger partial charge in [0.15, 0.2) is 5.96 Å². The second kappa shape index (κ2) is 9.27. The first kappa shape index (κ1) is 18.3. The molecule has 130 valence electrons. The van der Waals surface area contributed by atoms with Crippen LogP contribution < -0.4 is 15.4 Å². The zero-order valence-corrected chi connectivity index (χ0v) is 15.7. The smallest absolute Gasteiger partial charge is 0.191 e. The van der Waals surface area contributed by atoms with Crippen LogP contribution in [0, 0.1) is 13.8 Å². The summed E-state index contributed by atoms with van der Waals surface area (Å²) in [5.74, 6) is 1.69. The minimum atomic E-state index is 0.663. The topological polar surface area (TPSA) is 58.5 Å². The zero-order chi connectivity index (χ0) is 17.4. The van der Waals surface area contributed by atoms with Crippen molar-refractivity contribution in [1.29, 1.82) is 0 Å². The molecule has 0 aliphatic rings. The monoisotopic (exact) mass is 346 g/mol. The Labute approximate surface area is 148 Å². The molecule has 6 heteroatoms. The van der Waals surface area contributed by atoms with Gasteiger partial charge < -0.3 is 15.4 Å². The van der Waals surface area contributed by atoms with E-state index < -0.39 is 0 Å². The highest BCUT2D eigenvalue weighted by atomic mass is 32.1. The first-order valence-electron chi connectivity index (χ1n) is 8.20. The summed E-state index contributed by atoms with van der Waals surface area (Å²) in [6.45, 7) is 8.31. The fourth-order valence-corrected chi connectivity index (χ4v) is 2.92. The van der Waals surface area contributed by atoms with E-state index in [9.17, 15) is 0 Å². The number of aromatic nitrogens is 1. The van der Waals surface area contributed by atoms with Gasteiger partial charge >= 0.3 is 0 Å². The Morgan fingerprint density at radius 3 is 2.71 bits per heavy atom. The van der Waals surface area contributed by atoms with Gasteiger partial charge in [-0.25, -0.2) is 4.98 Å². The minimum Gasteiger partial charge on any atom is -0.493 e.